The lowest BCUT2D eigenvalue weighted by atomic mass is 10.1. The van der Waals surface area contributed by atoms with Gasteiger partial charge in [-0.1, -0.05) is 30.3 Å². The number of thiophene rings is 1. The van der Waals surface area contributed by atoms with E-state index in [0.29, 0.717) is 16.7 Å². The molecule has 0 aliphatic rings. The van der Waals surface area contributed by atoms with Crippen LogP contribution in [0, 0.1) is 13.8 Å². The zero-order valence-electron chi connectivity index (χ0n) is 11.5. The van der Waals surface area contributed by atoms with Gasteiger partial charge in [-0.05, 0) is 19.4 Å². The van der Waals surface area contributed by atoms with Gasteiger partial charge < -0.3 is 0 Å². The first-order valence-electron chi connectivity index (χ1n) is 6.59. The van der Waals surface area contributed by atoms with Crippen LogP contribution < -0.4 is 5.56 Å². The van der Waals surface area contributed by atoms with Crippen molar-refractivity contribution in [2.75, 3.05) is 0 Å². The summed E-state index contributed by atoms with van der Waals surface area (Å²) >= 11 is 1.58. The van der Waals surface area contributed by atoms with E-state index in [2.05, 4.69) is 15.3 Å². The van der Waals surface area contributed by atoms with Crippen molar-refractivity contribution in [2.45, 2.75) is 13.8 Å². The normalized spacial score (nSPS) is 11.5. The minimum Gasteiger partial charge on any atom is -0.267 e. The van der Waals surface area contributed by atoms with Crippen LogP contribution in [0.25, 0.3) is 27.1 Å². The number of aromatic amines is 1. The Hall–Kier alpha value is -2.47. The number of nitrogens with one attached hydrogen (secondary N) is 1. The van der Waals surface area contributed by atoms with Crippen molar-refractivity contribution in [3.63, 3.8) is 0 Å². The molecule has 0 saturated heterocycles. The first-order chi connectivity index (χ1) is 10.2. The van der Waals surface area contributed by atoms with Crippen molar-refractivity contribution in [3.05, 3.63) is 51.1 Å². The Morgan fingerprint density at radius 3 is 2.71 bits per heavy atom. The molecule has 0 radical (unpaired) electrons. The highest BCUT2D eigenvalue weighted by atomic mass is 32.1. The van der Waals surface area contributed by atoms with E-state index in [-0.39, 0.29) is 5.56 Å². The van der Waals surface area contributed by atoms with Crippen molar-refractivity contribution < 1.29 is 0 Å². The highest BCUT2D eigenvalue weighted by molar-refractivity contribution is 7.18. The second-order valence-corrected chi connectivity index (χ2v) is 6.17. The average molecular weight is 296 g/mol. The van der Waals surface area contributed by atoms with Crippen molar-refractivity contribution >= 4 is 27.2 Å². The summed E-state index contributed by atoms with van der Waals surface area (Å²) in [7, 11) is 0. The largest absolute Gasteiger partial charge is 0.282 e. The van der Waals surface area contributed by atoms with Gasteiger partial charge in [-0.15, -0.1) is 11.3 Å². The Morgan fingerprint density at radius 1 is 1.19 bits per heavy atom. The van der Waals surface area contributed by atoms with Crippen LogP contribution in [-0.4, -0.2) is 19.8 Å². The van der Waals surface area contributed by atoms with E-state index < -0.39 is 0 Å². The Balaban J connectivity index is 2.15. The summed E-state index contributed by atoms with van der Waals surface area (Å²) < 4.78 is 1.80. The highest BCUT2D eigenvalue weighted by Gasteiger charge is 2.17. The molecular weight excluding hydrogens is 284 g/mol. The number of aryl methyl sites for hydroxylation is 2. The molecule has 0 saturated carbocycles. The molecule has 0 amide bonds. The van der Waals surface area contributed by atoms with Gasteiger partial charge in [0.2, 0.25) is 0 Å². The standard InChI is InChI=1S/C15H12N4OS/c1-8-9(2)21-15-11(8)14(20)16-13-12(17-18-19(13)15)10-6-4-3-5-7-10/h3-7,18H,1-2H3. The van der Waals surface area contributed by atoms with Gasteiger partial charge in [0, 0.05) is 10.4 Å². The predicted octanol–water partition coefficient (Wildman–Crippen LogP) is 2.92. The lowest BCUT2D eigenvalue weighted by molar-refractivity contribution is 0.879. The first-order valence-corrected chi connectivity index (χ1v) is 7.40. The molecule has 0 fully saturated rings. The van der Waals surface area contributed by atoms with Gasteiger partial charge in [-0.3, -0.25) is 4.79 Å². The van der Waals surface area contributed by atoms with E-state index in [9.17, 15) is 4.79 Å². The molecule has 0 unspecified atom stereocenters. The van der Waals surface area contributed by atoms with Gasteiger partial charge in [0.25, 0.3) is 5.56 Å². The molecular formula is C15H12N4OS. The molecule has 4 aromatic rings. The van der Waals surface area contributed by atoms with Crippen LogP contribution >= 0.6 is 11.3 Å². The van der Waals surface area contributed by atoms with E-state index in [1.54, 1.807) is 15.9 Å². The molecule has 6 heteroatoms. The molecule has 0 spiro atoms. The van der Waals surface area contributed by atoms with E-state index in [1.165, 1.54) is 0 Å². The van der Waals surface area contributed by atoms with Crippen LogP contribution in [-0.2, 0) is 0 Å². The zero-order chi connectivity index (χ0) is 14.6. The second kappa shape index (κ2) is 4.26. The van der Waals surface area contributed by atoms with Gasteiger partial charge in [-0.25, -0.2) is 9.73 Å². The second-order valence-electron chi connectivity index (χ2n) is 4.97. The Labute approximate surface area is 123 Å². The van der Waals surface area contributed by atoms with Gasteiger partial charge in [0.05, 0.1) is 5.39 Å². The molecule has 0 aliphatic carbocycles. The molecule has 1 N–H and O–H groups in total. The van der Waals surface area contributed by atoms with Gasteiger partial charge in [-0.2, -0.15) is 10.1 Å². The summed E-state index contributed by atoms with van der Waals surface area (Å²) in [5.41, 5.74) is 3.01. The molecule has 0 bridgehead atoms. The highest BCUT2D eigenvalue weighted by Crippen LogP contribution is 2.29. The SMILES string of the molecule is Cc1sc2c(c1C)c(=O)nc1c(-c3ccccc3)n[nH]n12. The van der Waals surface area contributed by atoms with E-state index in [4.69, 9.17) is 0 Å². The third kappa shape index (κ3) is 1.66. The Kier molecular flexibility index (Phi) is 2.49. The summed E-state index contributed by atoms with van der Waals surface area (Å²) in [4.78, 5) is 18.6. The summed E-state index contributed by atoms with van der Waals surface area (Å²) in [5.74, 6) is 0. The third-order valence-electron chi connectivity index (χ3n) is 3.72. The third-order valence-corrected chi connectivity index (χ3v) is 4.92. The minimum absolute atomic E-state index is 0.189. The monoisotopic (exact) mass is 296 g/mol. The molecule has 3 heterocycles. The Bertz CT molecular complexity index is 1030. The lowest BCUT2D eigenvalue weighted by Crippen LogP contribution is -2.09. The Morgan fingerprint density at radius 2 is 1.95 bits per heavy atom. The molecule has 3 aromatic heterocycles. The maximum absolute atomic E-state index is 12.3. The number of fused-ring (bicyclic) bond motifs is 3. The quantitative estimate of drug-likeness (QED) is 0.587. The van der Waals surface area contributed by atoms with Gasteiger partial charge in [0.15, 0.2) is 5.65 Å². The molecule has 104 valence electrons. The number of aromatic nitrogens is 4. The van der Waals surface area contributed by atoms with Crippen LogP contribution in [0.2, 0.25) is 0 Å². The fourth-order valence-electron chi connectivity index (χ4n) is 2.51. The van der Waals surface area contributed by atoms with Crippen LogP contribution in [0.4, 0.5) is 0 Å². The molecule has 5 nitrogen and oxygen atoms in total. The topological polar surface area (TPSA) is 63.0 Å². The van der Waals surface area contributed by atoms with Gasteiger partial charge in [0.1, 0.15) is 10.5 Å². The molecule has 4 rings (SSSR count). The fraction of sp³-hybridized carbons (Fsp3) is 0.133. The number of nitrogens with zero attached hydrogens (tertiary/aromatic N) is 3. The predicted molar refractivity (Wildman–Crippen MR) is 83.9 cm³/mol. The first kappa shape index (κ1) is 12.3. The maximum Gasteiger partial charge on any atom is 0.282 e. The zero-order valence-corrected chi connectivity index (χ0v) is 12.4. The van der Waals surface area contributed by atoms with Crippen LogP contribution in [0.1, 0.15) is 10.4 Å². The number of benzene rings is 1. The van der Waals surface area contributed by atoms with E-state index >= 15 is 0 Å². The molecule has 0 atom stereocenters. The molecule has 21 heavy (non-hydrogen) atoms. The summed E-state index contributed by atoms with van der Waals surface area (Å²) in [6, 6.07) is 9.74. The number of hydrogen-bond acceptors (Lipinski definition) is 4. The minimum atomic E-state index is -0.189. The maximum atomic E-state index is 12.3. The van der Waals surface area contributed by atoms with Crippen molar-refractivity contribution in [1.29, 1.82) is 0 Å². The fourth-order valence-corrected chi connectivity index (χ4v) is 3.61. The van der Waals surface area contributed by atoms with Crippen molar-refractivity contribution in [2.24, 2.45) is 0 Å². The van der Waals surface area contributed by atoms with Gasteiger partial charge >= 0.3 is 0 Å². The van der Waals surface area contributed by atoms with Crippen LogP contribution in [0.15, 0.2) is 35.1 Å². The number of rotatable bonds is 1. The van der Waals surface area contributed by atoms with Crippen LogP contribution in [0.3, 0.4) is 0 Å². The van der Waals surface area contributed by atoms with Crippen molar-refractivity contribution in [1.82, 2.24) is 19.8 Å². The summed E-state index contributed by atoms with van der Waals surface area (Å²) in [6.45, 7) is 3.97. The molecule has 0 aliphatic heterocycles. The summed E-state index contributed by atoms with van der Waals surface area (Å²) in [6.07, 6.45) is 0. The average Bonchev–Trinajstić information content (AvgIpc) is 3.03. The van der Waals surface area contributed by atoms with E-state index in [1.807, 2.05) is 44.2 Å². The number of hydrogen-bond donors (Lipinski definition) is 1. The van der Waals surface area contributed by atoms with Crippen molar-refractivity contribution in [3.8, 4) is 11.3 Å². The smallest absolute Gasteiger partial charge is 0.267 e. The molecule has 1 aromatic carbocycles. The van der Waals surface area contributed by atoms with Crippen LogP contribution in [0.5, 0.6) is 0 Å². The van der Waals surface area contributed by atoms with E-state index in [0.717, 1.165) is 20.8 Å². The number of H-pyrrole nitrogens is 1. The summed E-state index contributed by atoms with van der Waals surface area (Å²) in [5, 5.41) is 7.99. The lowest BCUT2D eigenvalue weighted by Gasteiger charge is -1.97.